The second-order valence-electron chi connectivity index (χ2n) is 2.46. The summed E-state index contributed by atoms with van der Waals surface area (Å²) >= 11 is 9.38. The van der Waals surface area contributed by atoms with E-state index in [1.165, 1.54) is 0 Å². The number of halogens is 2. The first-order valence-corrected chi connectivity index (χ1v) is 4.51. The Hall–Kier alpha value is -0.0500. The van der Waals surface area contributed by atoms with E-state index < -0.39 is 0 Å². The van der Waals surface area contributed by atoms with Crippen LogP contribution < -0.4 is 0 Å². The van der Waals surface area contributed by atoms with Gasteiger partial charge < -0.3 is 4.74 Å². The van der Waals surface area contributed by atoms with E-state index >= 15 is 0 Å². The molecule has 1 atom stereocenters. The second kappa shape index (κ2) is 2.77. The van der Waals surface area contributed by atoms with E-state index in [1.54, 1.807) is 0 Å². The average molecular weight is 233 g/mol. The Balaban J connectivity index is 2.48. The van der Waals surface area contributed by atoms with Crippen LogP contribution in [-0.2, 0) is 4.74 Å². The van der Waals surface area contributed by atoms with Gasteiger partial charge >= 0.3 is 0 Å². The van der Waals surface area contributed by atoms with Crippen molar-refractivity contribution in [3.8, 4) is 0 Å². The number of epoxide rings is 1. The zero-order valence-electron chi connectivity index (χ0n) is 5.68. The van der Waals surface area contributed by atoms with Crippen molar-refractivity contribution in [1.29, 1.82) is 0 Å². The molecule has 2 rings (SSSR count). The molecule has 0 radical (unpaired) electrons. The van der Waals surface area contributed by atoms with E-state index in [1.807, 2.05) is 18.2 Å². The molecule has 1 fully saturated rings. The number of hydrogen-bond donors (Lipinski definition) is 0. The van der Waals surface area contributed by atoms with Crippen LogP contribution >= 0.6 is 27.5 Å². The summed E-state index contributed by atoms with van der Waals surface area (Å²) in [6.45, 7) is 0.794. The Bertz CT molecular complexity index is 263. The zero-order valence-corrected chi connectivity index (χ0v) is 8.02. The Kier molecular flexibility index (Phi) is 1.91. The summed E-state index contributed by atoms with van der Waals surface area (Å²) in [5.74, 6) is 0. The number of benzene rings is 1. The molecule has 0 unspecified atom stereocenters. The molecule has 3 heteroatoms. The Morgan fingerprint density at radius 1 is 1.55 bits per heavy atom. The fourth-order valence-electron chi connectivity index (χ4n) is 1.03. The monoisotopic (exact) mass is 232 g/mol. The molecule has 1 heterocycles. The maximum absolute atomic E-state index is 5.95. The summed E-state index contributed by atoms with van der Waals surface area (Å²) < 4.78 is 6.18. The van der Waals surface area contributed by atoms with Crippen molar-refractivity contribution in [3.63, 3.8) is 0 Å². The molecule has 1 aromatic rings. The SMILES string of the molecule is Clc1cccc(Br)c1[C@@H]1CO1. The van der Waals surface area contributed by atoms with Gasteiger partial charge in [0, 0.05) is 15.1 Å². The van der Waals surface area contributed by atoms with Gasteiger partial charge in [0.2, 0.25) is 0 Å². The van der Waals surface area contributed by atoms with Gasteiger partial charge in [0.05, 0.1) is 6.61 Å². The summed E-state index contributed by atoms with van der Waals surface area (Å²) in [5, 5.41) is 0.780. The molecule has 0 saturated carbocycles. The van der Waals surface area contributed by atoms with E-state index in [0.29, 0.717) is 0 Å². The fraction of sp³-hybridized carbons (Fsp3) is 0.250. The molecule has 0 aliphatic carbocycles. The van der Waals surface area contributed by atoms with E-state index in [9.17, 15) is 0 Å². The summed E-state index contributed by atoms with van der Waals surface area (Å²) in [5.41, 5.74) is 1.08. The topological polar surface area (TPSA) is 12.5 Å². The smallest absolute Gasteiger partial charge is 0.108 e. The van der Waals surface area contributed by atoms with Gasteiger partial charge in [0.1, 0.15) is 6.10 Å². The van der Waals surface area contributed by atoms with Crippen molar-refractivity contribution in [2.24, 2.45) is 0 Å². The third-order valence-corrected chi connectivity index (χ3v) is 2.68. The minimum Gasteiger partial charge on any atom is -0.368 e. The molecule has 0 amide bonds. The van der Waals surface area contributed by atoms with E-state index in [2.05, 4.69) is 15.9 Å². The van der Waals surface area contributed by atoms with Crippen LogP contribution in [0.2, 0.25) is 5.02 Å². The molecule has 0 aromatic heterocycles. The van der Waals surface area contributed by atoms with Gasteiger partial charge in [-0.3, -0.25) is 0 Å². The first-order chi connectivity index (χ1) is 5.29. The van der Waals surface area contributed by atoms with Gasteiger partial charge in [0.15, 0.2) is 0 Å². The largest absolute Gasteiger partial charge is 0.368 e. The van der Waals surface area contributed by atoms with Crippen LogP contribution in [0.5, 0.6) is 0 Å². The second-order valence-corrected chi connectivity index (χ2v) is 3.72. The number of rotatable bonds is 1. The molecule has 0 spiro atoms. The summed E-state index contributed by atoms with van der Waals surface area (Å²) in [6, 6.07) is 5.77. The van der Waals surface area contributed by atoms with Crippen molar-refractivity contribution in [2.45, 2.75) is 6.10 Å². The standard InChI is InChI=1S/C8H6BrClO/c9-5-2-1-3-6(10)8(5)7-4-11-7/h1-3,7H,4H2/t7-/m0/s1. The molecule has 0 bridgehead atoms. The predicted molar refractivity (Wildman–Crippen MR) is 47.8 cm³/mol. The molecule has 1 aliphatic rings. The van der Waals surface area contributed by atoms with Gasteiger partial charge in [-0.1, -0.05) is 33.6 Å². The maximum Gasteiger partial charge on any atom is 0.108 e. The third-order valence-electron chi connectivity index (χ3n) is 1.66. The molecule has 1 aromatic carbocycles. The maximum atomic E-state index is 5.95. The Labute approximate surface area is 78.4 Å². The molecule has 1 aliphatic heterocycles. The molecule has 1 saturated heterocycles. The molecule has 0 N–H and O–H groups in total. The van der Waals surface area contributed by atoms with Crippen LogP contribution in [0.1, 0.15) is 11.7 Å². The van der Waals surface area contributed by atoms with Crippen molar-refractivity contribution in [3.05, 3.63) is 33.3 Å². The lowest BCUT2D eigenvalue weighted by atomic mass is 10.2. The minimum atomic E-state index is 0.220. The molecular formula is C8H6BrClO. The molecule has 11 heavy (non-hydrogen) atoms. The molecular weight excluding hydrogens is 227 g/mol. The van der Waals surface area contributed by atoms with Crippen LogP contribution in [-0.4, -0.2) is 6.61 Å². The number of hydrogen-bond acceptors (Lipinski definition) is 1. The highest BCUT2D eigenvalue weighted by atomic mass is 79.9. The number of ether oxygens (including phenoxy) is 1. The highest BCUT2D eigenvalue weighted by Crippen LogP contribution is 2.39. The van der Waals surface area contributed by atoms with E-state index in [-0.39, 0.29) is 6.10 Å². The van der Waals surface area contributed by atoms with Gasteiger partial charge in [0.25, 0.3) is 0 Å². The van der Waals surface area contributed by atoms with E-state index in [4.69, 9.17) is 16.3 Å². The van der Waals surface area contributed by atoms with Crippen LogP contribution in [0, 0.1) is 0 Å². The lowest BCUT2D eigenvalue weighted by Crippen LogP contribution is -1.83. The lowest BCUT2D eigenvalue weighted by Gasteiger charge is -2.01. The highest BCUT2D eigenvalue weighted by Gasteiger charge is 2.28. The fourth-order valence-corrected chi connectivity index (χ4v) is 2.06. The Morgan fingerprint density at radius 3 is 2.82 bits per heavy atom. The zero-order chi connectivity index (χ0) is 7.84. The van der Waals surface area contributed by atoms with Crippen molar-refractivity contribution < 1.29 is 4.74 Å². The van der Waals surface area contributed by atoms with Crippen molar-refractivity contribution in [2.75, 3.05) is 6.61 Å². The Morgan fingerprint density at radius 2 is 2.27 bits per heavy atom. The minimum absolute atomic E-state index is 0.220. The van der Waals surface area contributed by atoms with Gasteiger partial charge in [-0.2, -0.15) is 0 Å². The van der Waals surface area contributed by atoms with Crippen LogP contribution in [0.15, 0.2) is 22.7 Å². The summed E-state index contributed by atoms with van der Waals surface area (Å²) in [4.78, 5) is 0. The first-order valence-electron chi connectivity index (χ1n) is 3.34. The van der Waals surface area contributed by atoms with Crippen molar-refractivity contribution in [1.82, 2.24) is 0 Å². The first kappa shape index (κ1) is 7.59. The average Bonchev–Trinajstić information content (AvgIpc) is 2.70. The third kappa shape index (κ3) is 1.43. The summed E-state index contributed by atoms with van der Waals surface area (Å²) in [6.07, 6.45) is 0.220. The quantitative estimate of drug-likeness (QED) is 0.679. The van der Waals surface area contributed by atoms with Crippen molar-refractivity contribution >= 4 is 27.5 Å². The molecule has 1 nitrogen and oxygen atoms in total. The van der Waals surface area contributed by atoms with Gasteiger partial charge in [-0.05, 0) is 12.1 Å². The van der Waals surface area contributed by atoms with E-state index in [0.717, 1.165) is 21.7 Å². The lowest BCUT2D eigenvalue weighted by molar-refractivity contribution is 0.415. The highest BCUT2D eigenvalue weighted by molar-refractivity contribution is 9.10. The van der Waals surface area contributed by atoms with Crippen LogP contribution in [0.4, 0.5) is 0 Å². The molecule has 58 valence electrons. The van der Waals surface area contributed by atoms with Gasteiger partial charge in [-0.25, -0.2) is 0 Å². The predicted octanol–water partition coefficient (Wildman–Crippen LogP) is 3.17. The van der Waals surface area contributed by atoms with Crippen LogP contribution in [0.25, 0.3) is 0 Å². The van der Waals surface area contributed by atoms with Gasteiger partial charge in [-0.15, -0.1) is 0 Å². The normalized spacial score (nSPS) is 21.8. The summed E-state index contributed by atoms with van der Waals surface area (Å²) in [7, 11) is 0. The van der Waals surface area contributed by atoms with Crippen LogP contribution in [0.3, 0.4) is 0 Å².